The van der Waals surface area contributed by atoms with Crippen LogP contribution in [-0.2, 0) is 4.74 Å². The van der Waals surface area contributed by atoms with Gasteiger partial charge in [0.15, 0.2) is 0 Å². The molecule has 1 saturated carbocycles. The lowest BCUT2D eigenvalue weighted by atomic mass is 10.2. The summed E-state index contributed by atoms with van der Waals surface area (Å²) in [4.78, 5) is 13.1. The quantitative estimate of drug-likeness (QED) is 0.681. The zero-order chi connectivity index (χ0) is 10.9. The predicted octanol–water partition coefficient (Wildman–Crippen LogP) is 2.78. The van der Waals surface area contributed by atoms with E-state index >= 15 is 0 Å². The molecule has 1 rings (SSSR count). The molecule has 3 nitrogen and oxygen atoms in total. The second-order valence-electron chi connectivity index (χ2n) is 4.80. The van der Waals surface area contributed by atoms with E-state index in [2.05, 4.69) is 6.58 Å². The van der Waals surface area contributed by atoms with Crippen LogP contribution in [0.15, 0.2) is 12.3 Å². The average molecular weight is 197 g/mol. The van der Waals surface area contributed by atoms with E-state index in [4.69, 9.17) is 4.74 Å². The highest BCUT2D eigenvalue weighted by Gasteiger charge is 2.30. The Kier molecular flexibility index (Phi) is 2.88. The zero-order valence-electron chi connectivity index (χ0n) is 9.46. The Morgan fingerprint density at radius 2 is 1.93 bits per heavy atom. The van der Waals surface area contributed by atoms with Crippen molar-refractivity contribution in [1.29, 1.82) is 0 Å². The Morgan fingerprint density at radius 3 is 2.29 bits per heavy atom. The van der Waals surface area contributed by atoms with E-state index in [1.165, 1.54) is 4.90 Å². The van der Waals surface area contributed by atoms with Crippen molar-refractivity contribution in [2.45, 2.75) is 39.2 Å². The maximum absolute atomic E-state index is 11.6. The molecule has 1 aliphatic carbocycles. The van der Waals surface area contributed by atoms with Gasteiger partial charge in [0.25, 0.3) is 0 Å². The molecule has 0 radical (unpaired) electrons. The number of rotatable bonds is 2. The maximum Gasteiger partial charge on any atom is 0.414 e. The fourth-order valence-electron chi connectivity index (χ4n) is 1.14. The van der Waals surface area contributed by atoms with Gasteiger partial charge in [-0.1, -0.05) is 6.58 Å². The van der Waals surface area contributed by atoms with E-state index in [1.807, 2.05) is 20.8 Å². The molecule has 0 saturated heterocycles. The van der Waals surface area contributed by atoms with Crippen LogP contribution in [0, 0.1) is 5.92 Å². The van der Waals surface area contributed by atoms with Crippen LogP contribution in [0.25, 0.3) is 0 Å². The first-order valence-electron chi connectivity index (χ1n) is 4.97. The Hall–Kier alpha value is -0.990. The third-order valence-electron chi connectivity index (χ3n) is 2.15. The smallest absolute Gasteiger partial charge is 0.414 e. The van der Waals surface area contributed by atoms with Crippen molar-refractivity contribution in [3.63, 3.8) is 0 Å². The van der Waals surface area contributed by atoms with Crippen LogP contribution < -0.4 is 0 Å². The first-order chi connectivity index (χ1) is 6.31. The van der Waals surface area contributed by atoms with Crippen LogP contribution in [0.2, 0.25) is 0 Å². The highest BCUT2D eigenvalue weighted by Crippen LogP contribution is 2.36. The first-order valence-corrected chi connectivity index (χ1v) is 4.97. The summed E-state index contributed by atoms with van der Waals surface area (Å²) in [6.45, 7) is 9.47. The molecule has 0 aromatic carbocycles. The molecule has 0 aromatic heterocycles. The van der Waals surface area contributed by atoms with E-state index in [-0.39, 0.29) is 6.09 Å². The highest BCUT2D eigenvalue weighted by atomic mass is 16.6. The number of hydrogen-bond acceptors (Lipinski definition) is 2. The Bertz CT molecular complexity index is 249. The lowest BCUT2D eigenvalue weighted by Gasteiger charge is -2.25. The molecule has 0 bridgehead atoms. The van der Waals surface area contributed by atoms with Crippen molar-refractivity contribution in [2.24, 2.45) is 5.92 Å². The van der Waals surface area contributed by atoms with E-state index in [1.54, 1.807) is 7.05 Å². The number of hydrogen-bond donors (Lipinski definition) is 0. The van der Waals surface area contributed by atoms with Gasteiger partial charge in [0.2, 0.25) is 0 Å². The van der Waals surface area contributed by atoms with Crippen LogP contribution in [0.3, 0.4) is 0 Å². The van der Waals surface area contributed by atoms with Crippen LogP contribution in [0.5, 0.6) is 0 Å². The summed E-state index contributed by atoms with van der Waals surface area (Å²) in [6.07, 6.45) is 1.98. The summed E-state index contributed by atoms with van der Waals surface area (Å²) in [7, 11) is 1.72. The number of carbonyl (C=O) groups excluding carboxylic acids is 1. The summed E-state index contributed by atoms with van der Waals surface area (Å²) < 4.78 is 5.22. The fraction of sp³-hybridized carbons (Fsp3) is 0.727. The number of nitrogens with zero attached hydrogens (tertiary/aromatic N) is 1. The zero-order valence-corrected chi connectivity index (χ0v) is 9.46. The minimum atomic E-state index is -0.435. The van der Waals surface area contributed by atoms with Gasteiger partial charge in [0.1, 0.15) is 5.60 Å². The Balaban J connectivity index is 2.47. The summed E-state index contributed by atoms with van der Waals surface area (Å²) in [6, 6.07) is 0. The summed E-state index contributed by atoms with van der Waals surface area (Å²) in [5.41, 5.74) is 0.439. The van der Waals surface area contributed by atoms with Crippen molar-refractivity contribution in [3.8, 4) is 0 Å². The monoisotopic (exact) mass is 197 g/mol. The predicted molar refractivity (Wildman–Crippen MR) is 55.9 cm³/mol. The van der Waals surface area contributed by atoms with Crippen molar-refractivity contribution in [3.05, 3.63) is 12.3 Å². The minimum absolute atomic E-state index is 0.311. The molecule has 1 aliphatic rings. The molecule has 0 heterocycles. The van der Waals surface area contributed by atoms with Crippen molar-refractivity contribution in [1.82, 2.24) is 4.90 Å². The summed E-state index contributed by atoms with van der Waals surface area (Å²) >= 11 is 0. The van der Waals surface area contributed by atoms with Gasteiger partial charge >= 0.3 is 6.09 Å². The Morgan fingerprint density at radius 1 is 1.43 bits per heavy atom. The largest absolute Gasteiger partial charge is 0.443 e. The second-order valence-corrected chi connectivity index (χ2v) is 4.80. The molecule has 14 heavy (non-hydrogen) atoms. The fourth-order valence-corrected chi connectivity index (χ4v) is 1.14. The number of ether oxygens (including phenoxy) is 1. The van der Waals surface area contributed by atoms with Crippen molar-refractivity contribution in [2.75, 3.05) is 7.05 Å². The normalized spacial score (nSPS) is 16.3. The molecule has 0 atom stereocenters. The summed E-state index contributed by atoms with van der Waals surface area (Å²) in [5, 5.41) is 0. The molecule has 80 valence electrons. The molecular formula is C11H19NO2. The van der Waals surface area contributed by atoms with Crippen LogP contribution in [0.4, 0.5) is 4.79 Å². The number of carbonyl (C=O) groups is 1. The molecule has 0 spiro atoms. The van der Waals surface area contributed by atoms with Gasteiger partial charge < -0.3 is 4.74 Å². The van der Waals surface area contributed by atoms with Gasteiger partial charge in [-0.05, 0) is 39.5 Å². The number of allylic oxidation sites excluding steroid dienone is 1. The van der Waals surface area contributed by atoms with E-state index in [0.29, 0.717) is 5.92 Å². The van der Waals surface area contributed by atoms with E-state index in [0.717, 1.165) is 18.5 Å². The van der Waals surface area contributed by atoms with Gasteiger partial charge in [0, 0.05) is 12.7 Å². The molecule has 1 amide bonds. The molecule has 0 aromatic rings. The molecule has 1 fully saturated rings. The van der Waals surface area contributed by atoms with Gasteiger partial charge in [-0.2, -0.15) is 0 Å². The van der Waals surface area contributed by atoms with Gasteiger partial charge in [-0.3, -0.25) is 4.90 Å². The summed E-state index contributed by atoms with van der Waals surface area (Å²) in [5.74, 6) is 0.493. The highest BCUT2D eigenvalue weighted by molar-refractivity contribution is 5.70. The third kappa shape index (κ3) is 3.05. The van der Waals surface area contributed by atoms with Gasteiger partial charge in [0.05, 0.1) is 0 Å². The minimum Gasteiger partial charge on any atom is -0.443 e. The number of amides is 1. The maximum atomic E-state index is 11.6. The molecule has 0 N–H and O–H groups in total. The second kappa shape index (κ2) is 3.64. The molecule has 3 heteroatoms. The lowest BCUT2D eigenvalue weighted by Crippen LogP contribution is -2.33. The average Bonchev–Trinajstić information content (AvgIpc) is 2.80. The third-order valence-corrected chi connectivity index (χ3v) is 2.15. The Labute approximate surface area is 85.7 Å². The van der Waals surface area contributed by atoms with Crippen molar-refractivity contribution >= 4 is 6.09 Å². The van der Waals surface area contributed by atoms with Crippen LogP contribution >= 0.6 is 0 Å². The van der Waals surface area contributed by atoms with Crippen molar-refractivity contribution < 1.29 is 9.53 Å². The first kappa shape index (κ1) is 11.1. The molecule has 0 unspecified atom stereocenters. The lowest BCUT2D eigenvalue weighted by molar-refractivity contribution is 0.0346. The van der Waals surface area contributed by atoms with Gasteiger partial charge in [-0.15, -0.1) is 0 Å². The van der Waals surface area contributed by atoms with E-state index in [9.17, 15) is 4.79 Å². The van der Waals surface area contributed by atoms with Crippen LogP contribution in [0.1, 0.15) is 33.6 Å². The van der Waals surface area contributed by atoms with Crippen LogP contribution in [-0.4, -0.2) is 23.6 Å². The SMILES string of the molecule is C=C(C1CC1)N(C)C(=O)OC(C)(C)C. The van der Waals surface area contributed by atoms with Gasteiger partial charge in [-0.25, -0.2) is 4.79 Å². The molecule has 0 aliphatic heterocycles. The topological polar surface area (TPSA) is 29.5 Å². The molecular weight excluding hydrogens is 178 g/mol. The van der Waals surface area contributed by atoms with E-state index < -0.39 is 5.60 Å². The standard InChI is InChI=1S/C11H19NO2/c1-8(9-6-7-9)12(5)10(13)14-11(2,3)4/h9H,1,6-7H2,2-5H3.